The lowest BCUT2D eigenvalue weighted by Gasteiger charge is -2.35. The van der Waals surface area contributed by atoms with Crippen LogP contribution in [0.25, 0.3) is 0 Å². The van der Waals surface area contributed by atoms with Gasteiger partial charge in [0.05, 0.1) is 23.7 Å². The van der Waals surface area contributed by atoms with E-state index in [0.29, 0.717) is 5.69 Å². The van der Waals surface area contributed by atoms with Crippen molar-refractivity contribution in [1.29, 1.82) is 0 Å². The monoisotopic (exact) mass is 285 g/mol. The number of piperazine rings is 1. The Labute approximate surface area is 124 Å². The van der Waals surface area contributed by atoms with Crippen molar-refractivity contribution in [3.05, 3.63) is 42.5 Å². The highest BCUT2D eigenvalue weighted by molar-refractivity contribution is 5.47. The quantitative estimate of drug-likeness (QED) is 0.915. The Hall–Kier alpha value is -2.21. The number of anilines is 2. The lowest BCUT2D eigenvalue weighted by Crippen LogP contribution is -2.47. The average Bonchev–Trinajstić information content (AvgIpc) is 2.56. The van der Waals surface area contributed by atoms with E-state index in [1.54, 1.807) is 19.3 Å². The van der Waals surface area contributed by atoms with E-state index in [-0.39, 0.29) is 0 Å². The van der Waals surface area contributed by atoms with E-state index in [1.165, 1.54) is 0 Å². The largest absolute Gasteiger partial charge is 0.387 e. The van der Waals surface area contributed by atoms with Crippen LogP contribution in [0, 0.1) is 0 Å². The highest BCUT2D eigenvalue weighted by Crippen LogP contribution is 2.19. The molecule has 2 aromatic heterocycles. The molecule has 110 valence electrons. The second kappa shape index (κ2) is 6.05. The van der Waals surface area contributed by atoms with Gasteiger partial charge in [0.15, 0.2) is 0 Å². The number of pyridine rings is 1. The van der Waals surface area contributed by atoms with Crippen LogP contribution in [0.5, 0.6) is 0 Å². The van der Waals surface area contributed by atoms with Crippen molar-refractivity contribution in [2.75, 3.05) is 36.0 Å². The van der Waals surface area contributed by atoms with Crippen LogP contribution >= 0.6 is 0 Å². The van der Waals surface area contributed by atoms with E-state index in [9.17, 15) is 5.11 Å². The van der Waals surface area contributed by atoms with E-state index in [4.69, 9.17) is 0 Å². The second-order valence-electron chi connectivity index (χ2n) is 5.14. The summed E-state index contributed by atoms with van der Waals surface area (Å²) in [4.78, 5) is 17.4. The highest BCUT2D eigenvalue weighted by atomic mass is 16.3. The molecule has 3 rings (SSSR count). The first-order chi connectivity index (χ1) is 10.2. The van der Waals surface area contributed by atoms with Crippen LogP contribution in [0.2, 0.25) is 0 Å². The normalized spacial score (nSPS) is 16.9. The molecule has 0 saturated carbocycles. The number of nitrogens with zero attached hydrogens (tertiary/aromatic N) is 5. The summed E-state index contributed by atoms with van der Waals surface area (Å²) in [6.45, 7) is 5.33. The van der Waals surface area contributed by atoms with Gasteiger partial charge in [0.2, 0.25) is 5.95 Å². The topological polar surface area (TPSA) is 65.4 Å². The second-order valence-corrected chi connectivity index (χ2v) is 5.14. The third-order valence-corrected chi connectivity index (χ3v) is 3.68. The number of aliphatic hydroxyl groups is 1. The Kier molecular flexibility index (Phi) is 3.96. The standard InChI is InChI=1S/C15H19N5O/c1-12(21)14-4-3-13(11-18-14)19-7-9-20(10-8-19)15-16-5-2-6-17-15/h2-6,11-12,21H,7-10H2,1H3/t12-/m0/s1. The van der Waals surface area contributed by atoms with Gasteiger partial charge >= 0.3 is 0 Å². The Morgan fingerprint density at radius 2 is 1.67 bits per heavy atom. The maximum atomic E-state index is 9.49. The van der Waals surface area contributed by atoms with Gasteiger partial charge in [0, 0.05) is 38.6 Å². The predicted molar refractivity (Wildman–Crippen MR) is 81.3 cm³/mol. The fourth-order valence-electron chi connectivity index (χ4n) is 2.45. The minimum Gasteiger partial charge on any atom is -0.387 e. The average molecular weight is 285 g/mol. The van der Waals surface area contributed by atoms with Gasteiger partial charge in [-0.05, 0) is 25.1 Å². The van der Waals surface area contributed by atoms with Crippen molar-refractivity contribution >= 4 is 11.6 Å². The third kappa shape index (κ3) is 3.11. The van der Waals surface area contributed by atoms with Crippen molar-refractivity contribution in [1.82, 2.24) is 15.0 Å². The van der Waals surface area contributed by atoms with E-state index >= 15 is 0 Å². The van der Waals surface area contributed by atoms with Gasteiger partial charge in [-0.2, -0.15) is 0 Å². The van der Waals surface area contributed by atoms with Gasteiger partial charge in [-0.25, -0.2) is 9.97 Å². The van der Waals surface area contributed by atoms with Gasteiger partial charge in [-0.1, -0.05) is 0 Å². The number of hydrogen-bond acceptors (Lipinski definition) is 6. The molecule has 6 heteroatoms. The van der Waals surface area contributed by atoms with Crippen molar-refractivity contribution in [2.45, 2.75) is 13.0 Å². The fraction of sp³-hybridized carbons (Fsp3) is 0.400. The zero-order chi connectivity index (χ0) is 14.7. The minimum absolute atomic E-state index is 0.522. The molecule has 0 bridgehead atoms. The summed E-state index contributed by atoms with van der Waals surface area (Å²) < 4.78 is 0. The molecule has 0 unspecified atom stereocenters. The summed E-state index contributed by atoms with van der Waals surface area (Å²) in [5, 5.41) is 9.49. The van der Waals surface area contributed by atoms with Crippen LogP contribution in [0.4, 0.5) is 11.6 Å². The Balaban J connectivity index is 1.63. The molecule has 1 atom stereocenters. The molecule has 1 aliphatic rings. The first kappa shape index (κ1) is 13.8. The molecule has 2 aromatic rings. The molecular formula is C15H19N5O. The summed E-state index contributed by atoms with van der Waals surface area (Å²) >= 11 is 0. The number of aromatic nitrogens is 3. The fourth-order valence-corrected chi connectivity index (χ4v) is 2.45. The SMILES string of the molecule is C[C@H](O)c1ccc(N2CCN(c3ncccn3)CC2)cn1. The summed E-state index contributed by atoms with van der Waals surface area (Å²) in [7, 11) is 0. The molecule has 6 nitrogen and oxygen atoms in total. The molecule has 0 amide bonds. The van der Waals surface area contributed by atoms with Crippen LogP contribution in [-0.4, -0.2) is 46.2 Å². The van der Waals surface area contributed by atoms with E-state index in [1.807, 2.05) is 24.4 Å². The molecule has 0 radical (unpaired) electrons. The number of rotatable bonds is 3. The lowest BCUT2D eigenvalue weighted by atomic mass is 10.2. The lowest BCUT2D eigenvalue weighted by molar-refractivity contribution is 0.194. The summed E-state index contributed by atoms with van der Waals surface area (Å²) in [5.41, 5.74) is 1.79. The number of hydrogen-bond donors (Lipinski definition) is 1. The van der Waals surface area contributed by atoms with Crippen molar-refractivity contribution in [3.63, 3.8) is 0 Å². The Morgan fingerprint density at radius 3 is 2.24 bits per heavy atom. The molecule has 1 aliphatic heterocycles. The maximum Gasteiger partial charge on any atom is 0.225 e. The molecule has 3 heterocycles. The van der Waals surface area contributed by atoms with Gasteiger partial charge in [-0.3, -0.25) is 4.98 Å². The summed E-state index contributed by atoms with van der Waals surface area (Å²) in [6, 6.07) is 5.73. The van der Waals surface area contributed by atoms with Crippen molar-refractivity contribution in [3.8, 4) is 0 Å². The van der Waals surface area contributed by atoms with Crippen LogP contribution in [-0.2, 0) is 0 Å². The zero-order valence-electron chi connectivity index (χ0n) is 12.1. The molecule has 1 fully saturated rings. The minimum atomic E-state index is -0.522. The van der Waals surface area contributed by atoms with Gasteiger partial charge in [-0.15, -0.1) is 0 Å². The molecule has 0 aromatic carbocycles. The first-order valence-corrected chi connectivity index (χ1v) is 7.15. The molecule has 0 spiro atoms. The summed E-state index contributed by atoms with van der Waals surface area (Å²) in [6.07, 6.45) is 4.85. The smallest absolute Gasteiger partial charge is 0.225 e. The van der Waals surface area contributed by atoms with Crippen LogP contribution in [0.15, 0.2) is 36.8 Å². The number of aliphatic hydroxyl groups excluding tert-OH is 1. The molecular weight excluding hydrogens is 266 g/mol. The Bertz CT molecular complexity index is 564. The van der Waals surface area contributed by atoms with E-state index in [2.05, 4.69) is 24.8 Å². The maximum absolute atomic E-state index is 9.49. The van der Waals surface area contributed by atoms with Crippen molar-refractivity contribution < 1.29 is 5.11 Å². The van der Waals surface area contributed by atoms with Crippen LogP contribution < -0.4 is 9.80 Å². The Morgan fingerprint density at radius 1 is 1.00 bits per heavy atom. The third-order valence-electron chi connectivity index (χ3n) is 3.68. The zero-order valence-corrected chi connectivity index (χ0v) is 12.1. The molecule has 21 heavy (non-hydrogen) atoms. The predicted octanol–water partition coefficient (Wildman–Crippen LogP) is 1.25. The van der Waals surface area contributed by atoms with Crippen molar-refractivity contribution in [2.24, 2.45) is 0 Å². The molecule has 1 saturated heterocycles. The van der Waals surface area contributed by atoms with E-state index < -0.39 is 6.10 Å². The van der Waals surface area contributed by atoms with Crippen LogP contribution in [0.3, 0.4) is 0 Å². The van der Waals surface area contributed by atoms with Crippen LogP contribution in [0.1, 0.15) is 18.7 Å². The van der Waals surface area contributed by atoms with Gasteiger partial charge in [0.25, 0.3) is 0 Å². The highest BCUT2D eigenvalue weighted by Gasteiger charge is 2.19. The van der Waals surface area contributed by atoms with Gasteiger partial charge in [0.1, 0.15) is 0 Å². The molecule has 0 aliphatic carbocycles. The first-order valence-electron chi connectivity index (χ1n) is 7.15. The summed E-state index contributed by atoms with van der Waals surface area (Å²) in [5.74, 6) is 0.791. The van der Waals surface area contributed by atoms with E-state index in [0.717, 1.165) is 37.8 Å². The van der Waals surface area contributed by atoms with Gasteiger partial charge < -0.3 is 14.9 Å². The molecule has 1 N–H and O–H groups in total.